The third-order valence-corrected chi connectivity index (χ3v) is 4.49. The maximum absolute atomic E-state index is 9.82. The summed E-state index contributed by atoms with van der Waals surface area (Å²) >= 11 is 0. The Morgan fingerprint density at radius 3 is 1.62 bits per heavy atom. The Hall–Kier alpha value is -3.44. The number of nitrogens with one attached hydrogen (secondary N) is 1. The number of aromatic amines is 1. The van der Waals surface area contributed by atoms with Crippen LogP contribution in [-0.2, 0) is 6.73 Å². The zero-order chi connectivity index (χ0) is 17.5. The maximum Gasteiger partial charge on any atom is 0.120 e. The van der Waals surface area contributed by atoms with Gasteiger partial charge in [-0.3, -0.25) is 0 Å². The summed E-state index contributed by atoms with van der Waals surface area (Å²) in [5.74, 6) is 0. The number of hydrogen-bond donors (Lipinski definition) is 2. The molecule has 2 aliphatic heterocycles. The lowest BCUT2D eigenvalue weighted by Gasteiger charge is -2.00. The van der Waals surface area contributed by atoms with Gasteiger partial charge in [-0.15, -0.1) is 0 Å². The standard InChI is InChI=1S/C21H16N4O/c26-13-25-20-7-8-21(25)12-19-6-4-17(24-19)10-15-2-1-14(22-15)9-16-3-5-18(11-20)23-16/h1-12,22,26H,13H2. The van der Waals surface area contributed by atoms with Crippen LogP contribution >= 0.6 is 0 Å². The van der Waals surface area contributed by atoms with E-state index < -0.39 is 0 Å². The van der Waals surface area contributed by atoms with E-state index in [1.165, 1.54) is 0 Å². The van der Waals surface area contributed by atoms with Gasteiger partial charge in [0.25, 0.3) is 0 Å². The fourth-order valence-electron chi connectivity index (χ4n) is 3.25. The molecule has 0 saturated heterocycles. The van der Waals surface area contributed by atoms with Crippen molar-refractivity contribution in [3.05, 3.63) is 71.3 Å². The van der Waals surface area contributed by atoms with Gasteiger partial charge in [0.1, 0.15) is 6.73 Å². The minimum atomic E-state index is -0.103. The summed E-state index contributed by atoms with van der Waals surface area (Å²) < 4.78 is 1.83. The smallest absolute Gasteiger partial charge is 0.120 e. The van der Waals surface area contributed by atoms with Crippen LogP contribution in [0, 0.1) is 0 Å². The molecular formula is C21H16N4O. The van der Waals surface area contributed by atoms with E-state index in [-0.39, 0.29) is 6.73 Å². The summed E-state index contributed by atoms with van der Waals surface area (Å²) in [6, 6.07) is 16.0. The normalized spacial score (nSPS) is 12.7. The van der Waals surface area contributed by atoms with E-state index in [1.54, 1.807) is 0 Å². The topological polar surface area (TPSA) is 66.7 Å². The van der Waals surface area contributed by atoms with Crippen molar-refractivity contribution in [2.75, 3.05) is 0 Å². The molecule has 0 spiro atoms. The Morgan fingerprint density at radius 2 is 1.15 bits per heavy atom. The average Bonchev–Trinajstić information content (AvgIpc) is 3.39. The number of nitrogens with zero attached hydrogens (tertiary/aromatic N) is 3. The van der Waals surface area contributed by atoms with E-state index in [0.29, 0.717) is 0 Å². The Bertz CT molecular complexity index is 1140. The first-order valence-corrected chi connectivity index (χ1v) is 8.43. The zero-order valence-corrected chi connectivity index (χ0v) is 13.9. The van der Waals surface area contributed by atoms with Gasteiger partial charge in [-0.2, -0.15) is 0 Å². The highest BCUT2D eigenvalue weighted by Gasteiger charge is 2.04. The molecule has 26 heavy (non-hydrogen) atoms. The van der Waals surface area contributed by atoms with Crippen molar-refractivity contribution in [3.63, 3.8) is 0 Å². The van der Waals surface area contributed by atoms with Crippen molar-refractivity contribution in [2.24, 2.45) is 0 Å². The van der Waals surface area contributed by atoms with Crippen molar-refractivity contribution in [2.45, 2.75) is 6.73 Å². The van der Waals surface area contributed by atoms with Crippen LogP contribution in [-0.4, -0.2) is 24.6 Å². The molecular weight excluding hydrogens is 324 g/mol. The molecule has 2 aliphatic rings. The number of hydrogen-bond acceptors (Lipinski definition) is 3. The SMILES string of the molecule is OCn1c2ccc1cc1nc(cc3ccc(cc4nc(c2)C=C4)[nH]3)C=C1. The lowest BCUT2D eigenvalue weighted by atomic mass is 10.3. The monoisotopic (exact) mass is 340 g/mol. The highest BCUT2D eigenvalue weighted by molar-refractivity contribution is 5.77. The molecule has 5 heterocycles. The molecule has 0 aromatic carbocycles. The quantitative estimate of drug-likeness (QED) is 0.483. The third kappa shape index (κ3) is 2.64. The molecule has 0 aliphatic carbocycles. The molecule has 126 valence electrons. The molecule has 0 atom stereocenters. The molecule has 2 N–H and O–H groups in total. The first-order valence-electron chi connectivity index (χ1n) is 8.43. The fourth-order valence-corrected chi connectivity index (χ4v) is 3.25. The molecule has 0 radical (unpaired) electrons. The molecule has 0 fully saturated rings. The lowest BCUT2D eigenvalue weighted by Crippen LogP contribution is -1.95. The molecule has 3 aromatic heterocycles. The summed E-state index contributed by atoms with van der Waals surface area (Å²) in [6.07, 6.45) is 7.92. The minimum Gasteiger partial charge on any atom is -0.376 e. The van der Waals surface area contributed by atoms with Crippen LogP contribution in [0.1, 0.15) is 22.8 Å². The van der Waals surface area contributed by atoms with Gasteiger partial charge in [0.15, 0.2) is 0 Å². The number of fused-ring (bicyclic) bond motifs is 8. The van der Waals surface area contributed by atoms with E-state index in [2.05, 4.69) is 15.0 Å². The molecule has 5 heteroatoms. The van der Waals surface area contributed by atoms with Gasteiger partial charge >= 0.3 is 0 Å². The number of aromatic nitrogens is 4. The van der Waals surface area contributed by atoms with Crippen molar-refractivity contribution in [1.82, 2.24) is 19.5 Å². The zero-order valence-electron chi connectivity index (χ0n) is 13.9. The largest absolute Gasteiger partial charge is 0.376 e. The lowest BCUT2D eigenvalue weighted by molar-refractivity contribution is 0.220. The van der Waals surface area contributed by atoms with Gasteiger partial charge in [0, 0.05) is 22.1 Å². The van der Waals surface area contributed by atoms with Gasteiger partial charge < -0.3 is 14.7 Å². The molecule has 5 rings (SSSR count). The van der Waals surface area contributed by atoms with Crippen LogP contribution in [0.25, 0.3) is 46.4 Å². The summed E-state index contributed by atoms with van der Waals surface area (Å²) in [5, 5.41) is 9.82. The Morgan fingerprint density at radius 1 is 0.692 bits per heavy atom. The van der Waals surface area contributed by atoms with E-state index in [1.807, 2.05) is 77.4 Å². The number of aliphatic hydroxyl groups is 1. The number of H-pyrrole nitrogens is 1. The van der Waals surface area contributed by atoms with Gasteiger partial charge in [-0.05, 0) is 72.8 Å². The Balaban J connectivity index is 1.88. The average molecular weight is 340 g/mol. The highest BCUT2D eigenvalue weighted by Crippen LogP contribution is 2.18. The summed E-state index contributed by atoms with van der Waals surface area (Å²) in [4.78, 5) is 12.6. The van der Waals surface area contributed by atoms with Crippen molar-refractivity contribution in [1.29, 1.82) is 0 Å². The highest BCUT2D eigenvalue weighted by atomic mass is 16.3. The maximum atomic E-state index is 9.82. The van der Waals surface area contributed by atoms with Crippen LogP contribution in [0.4, 0.5) is 0 Å². The van der Waals surface area contributed by atoms with E-state index >= 15 is 0 Å². The Labute approximate surface area is 149 Å². The van der Waals surface area contributed by atoms with Crippen LogP contribution in [0.5, 0.6) is 0 Å². The summed E-state index contributed by atoms with van der Waals surface area (Å²) in [5.41, 5.74) is 7.27. The molecule has 0 unspecified atom stereocenters. The number of rotatable bonds is 1. The van der Waals surface area contributed by atoms with Crippen LogP contribution in [0.3, 0.4) is 0 Å². The van der Waals surface area contributed by atoms with Gasteiger partial charge in [-0.1, -0.05) is 0 Å². The van der Waals surface area contributed by atoms with E-state index in [9.17, 15) is 5.11 Å². The third-order valence-electron chi connectivity index (χ3n) is 4.49. The van der Waals surface area contributed by atoms with Crippen molar-refractivity contribution < 1.29 is 5.11 Å². The first kappa shape index (κ1) is 14.9. The van der Waals surface area contributed by atoms with Gasteiger partial charge in [0.05, 0.1) is 22.8 Å². The van der Waals surface area contributed by atoms with E-state index in [4.69, 9.17) is 0 Å². The van der Waals surface area contributed by atoms with Gasteiger partial charge in [-0.25, -0.2) is 9.97 Å². The molecule has 0 amide bonds. The summed E-state index contributed by atoms with van der Waals surface area (Å²) in [6.45, 7) is -0.103. The molecule has 5 nitrogen and oxygen atoms in total. The second-order valence-electron chi connectivity index (χ2n) is 6.29. The first-order chi connectivity index (χ1) is 12.8. The predicted octanol–water partition coefficient (Wildman–Crippen LogP) is 4.08. The van der Waals surface area contributed by atoms with Gasteiger partial charge in [0.2, 0.25) is 0 Å². The van der Waals surface area contributed by atoms with Crippen molar-refractivity contribution >= 4 is 46.4 Å². The minimum absolute atomic E-state index is 0.103. The Kier molecular flexibility index (Phi) is 3.33. The van der Waals surface area contributed by atoms with Crippen molar-refractivity contribution in [3.8, 4) is 0 Å². The van der Waals surface area contributed by atoms with E-state index in [0.717, 1.165) is 44.8 Å². The molecule has 0 saturated carbocycles. The van der Waals surface area contributed by atoms with Crippen LogP contribution in [0.2, 0.25) is 0 Å². The second-order valence-corrected chi connectivity index (χ2v) is 6.29. The molecule has 8 bridgehead atoms. The molecule has 3 aromatic rings. The second kappa shape index (κ2) is 5.82. The van der Waals surface area contributed by atoms with Crippen LogP contribution < -0.4 is 0 Å². The fraction of sp³-hybridized carbons (Fsp3) is 0.0476. The van der Waals surface area contributed by atoms with Crippen LogP contribution in [0.15, 0.2) is 48.5 Å². The number of aliphatic hydroxyl groups excluding tert-OH is 1. The predicted molar refractivity (Wildman–Crippen MR) is 105 cm³/mol. The summed E-state index contributed by atoms with van der Waals surface area (Å²) in [7, 11) is 0.